The number of esters is 1. The maximum absolute atomic E-state index is 13.7. The fraction of sp³-hybridized carbons (Fsp3) is 0.520. The van der Waals surface area contributed by atoms with Gasteiger partial charge >= 0.3 is 5.97 Å². The number of nitrogens with one attached hydrogen (secondary N) is 1. The fourth-order valence-corrected chi connectivity index (χ4v) is 4.72. The Hall–Kier alpha value is -3.36. The summed E-state index contributed by atoms with van der Waals surface area (Å²) in [6, 6.07) is 7.58. The number of aromatic nitrogens is 2. The van der Waals surface area contributed by atoms with Gasteiger partial charge in [-0.2, -0.15) is 0 Å². The highest BCUT2D eigenvalue weighted by atomic mass is 16.5. The van der Waals surface area contributed by atoms with Crippen LogP contribution >= 0.6 is 0 Å². The number of rotatable bonds is 7. The van der Waals surface area contributed by atoms with E-state index >= 15 is 0 Å². The summed E-state index contributed by atoms with van der Waals surface area (Å²) in [5.74, 6) is -0.588. The molecule has 0 spiro atoms. The van der Waals surface area contributed by atoms with E-state index in [1.807, 2.05) is 38.1 Å². The van der Waals surface area contributed by atoms with Gasteiger partial charge in [-0.3, -0.25) is 9.59 Å². The molecule has 1 aromatic carbocycles. The van der Waals surface area contributed by atoms with Gasteiger partial charge in [0.25, 0.3) is 5.91 Å². The van der Waals surface area contributed by atoms with Crippen molar-refractivity contribution < 1.29 is 23.9 Å². The fourth-order valence-electron chi connectivity index (χ4n) is 4.72. The molecular formula is C25H32N4O5. The molecule has 1 aliphatic carbocycles. The Morgan fingerprint density at radius 1 is 1.21 bits per heavy atom. The average molecular weight is 469 g/mol. The Kier molecular flexibility index (Phi) is 6.63. The van der Waals surface area contributed by atoms with Crippen LogP contribution in [0.2, 0.25) is 0 Å². The number of hydrogen-bond donors (Lipinski definition) is 1. The Bertz CT molecular complexity index is 1070. The number of hydrogen-bond acceptors (Lipinski definition) is 6. The second kappa shape index (κ2) is 9.48. The van der Waals surface area contributed by atoms with Gasteiger partial charge in [0.2, 0.25) is 5.91 Å². The molecule has 0 radical (unpaired) electrons. The van der Waals surface area contributed by atoms with Crippen LogP contribution in [0.3, 0.4) is 0 Å². The molecule has 1 fully saturated rings. The zero-order valence-electron chi connectivity index (χ0n) is 20.2. The Balaban J connectivity index is 1.68. The van der Waals surface area contributed by atoms with Crippen LogP contribution in [-0.4, -0.2) is 57.0 Å². The number of carbonyl (C=O) groups excluding carboxylic acids is 3. The van der Waals surface area contributed by atoms with Gasteiger partial charge < -0.3 is 24.3 Å². The number of nitrogens with zero attached hydrogens (tertiary/aromatic N) is 3. The molecule has 1 atom stereocenters. The molecule has 34 heavy (non-hydrogen) atoms. The molecule has 1 unspecified atom stereocenters. The van der Waals surface area contributed by atoms with Gasteiger partial charge in [0, 0.05) is 12.6 Å². The van der Waals surface area contributed by atoms with Gasteiger partial charge in [0.15, 0.2) is 5.69 Å². The van der Waals surface area contributed by atoms with E-state index in [4.69, 9.17) is 9.47 Å². The van der Waals surface area contributed by atoms with Gasteiger partial charge in [0.05, 0.1) is 26.1 Å². The molecule has 1 saturated carbocycles. The lowest BCUT2D eigenvalue weighted by molar-refractivity contribution is -0.134. The first-order chi connectivity index (χ1) is 16.2. The molecular weight excluding hydrogens is 436 g/mol. The highest BCUT2D eigenvalue weighted by molar-refractivity contribution is 6.06. The van der Waals surface area contributed by atoms with Crippen LogP contribution < -0.4 is 10.1 Å². The summed E-state index contributed by atoms with van der Waals surface area (Å²) in [7, 11) is 1.25. The summed E-state index contributed by atoms with van der Waals surface area (Å²) in [5.41, 5.74) is -0.223. The van der Waals surface area contributed by atoms with E-state index in [-0.39, 0.29) is 42.5 Å². The van der Waals surface area contributed by atoms with Crippen LogP contribution in [0.1, 0.15) is 73.0 Å². The number of ether oxygens (including phenoxy) is 2. The highest BCUT2D eigenvalue weighted by Gasteiger charge is 2.49. The minimum atomic E-state index is -1.16. The van der Waals surface area contributed by atoms with E-state index < -0.39 is 17.4 Å². The molecule has 0 saturated heterocycles. The maximum atomic E-state index is 13.7. The van der Waals surface area contributed by atoms with E-state index in [0.29, 0.717) is 0 Å². The number of methoxy groups -OCH3 is 1. The monoisotopic (exact) mass is 468 g/mol. The first kappa shape index (κ1) is 23.8. The van der Waals surface area contributed by atoms with Gasteiger partial charge in [-0.25, -0.2) is 9.78 Å². The summed E-state index contributed by atoms with van der Waals surface area (Å²) in [5, 5.41) is 3.15. The van der Waals surface area contributed by atoms with E-state index in [2.05, 4.69) is 10.3 Å². The van der Waals surface area contributed by atoms with Crippen molar-refractivity contribution in [1.82, 2.24) is 19.8 Å². The molecule has 2 aliphatic rings. The standard InChI is InChI=1S/C25H32N4O5/c1-16(2)34-19-11-9-17(10-12-19)13-29-22(30)21-20(23(31)33-4)26-15-28(21)14-25(29,3)24(32)27-18-7-5-6-8-18/h9-12,15-16,18H,5-8,13-14H2,1-4H3,(H,27,32). The van der Waals surface area contributed by atoms with Crippen molar-refractivity contribution in [2.45, 2.75) is 77.2 Å². The van der Waals surface area contributed by atoms with Gasteiger partial charge in [0.1, 0.15) is 17.0 Å². The van der Waals surface area contributed by atoms with Crippen LogP contribution in [-0.2, 0) is 22.6 Å². The molecule has 9 heteroatoms. The molecule has 1 N–H and O–H groups in total. The van der Waals surface area contributed by atoms with Gasteiger partial charge in [-0.15, -0.1) is 0 Å². The molecule has 1 aliphatic heterocycles. The zero-order chi connectivity index (χ0) is 24.5. The van der Waals surface area contributed by atoms with Crippen molar-refractivity contribution in [3.63, 3.8) is 0 Å². The first-order valence-corrected chi connectivity index (χ1v) is 11.7. The van der Waals surface area contributed by atoms with Crippen LogP contribution in [0.5, 0.6) is 5.75 Å². The van der Waals surface area contributed by atoms with Crippen molar-refractivity contribution in [3.05, 3.63) is 47.5 Å². The summed E-state index contributed by atoms with van der Waals surface area (Å²) in [6.07, 6.45) is 5.53. The molecule has 4 rings (SSSR count). The summed E-state index contributed by atoms with van der Waals surface area (Å²) in [6.45, 7) is 6.06. The minimum absolute atomic E-state index is 0.0450. The number of amides is 2. The maximum Gasteiger partial charge on any atom is 0.359 e. The van der Waals surface area contributed by atoms with Crippen molar-refractivity contribution >= 4 is 17.8 Å². The Morgan fingerprint density at radius 2 is 1.88 bits per heavy atom. The van der Waals surface area contributed by atoms with Crippen molar-refractivity contribution in [3.8, 4) is 5.75 Å². The third-order valence-electron chi connectivity index (χ3n) is 6.55. The SMILES string of the molecule is COC(=O)c1ncn2c1C(=O)N(Cc1ccc(OC(C)C)cc1)C(C)(C(=O)NC1CCCC1)C2. The smallest absolute Gasteiger partial charge is 0.359 e. The number of fused-ring (bicyclic) bond motifs is 1. The van der Waals surface area contributed by atoms with Gasteiger partial charge in [-0.05, 0) is 51.3 Å². The normalized spacial score (nSPS) is 20.4. The Morgan fingerprint density at radius 3 is 2.50 bits per heavy atom. The van der Waals surface area contributed by atoms with Crippen LogP contribution in [0, 0.1) is 0 Å². The lowest BCUT2D eigenvalue weighted by Crippen LogP contribution is -2.64. The van der Waals surface area contributed by atoms with Gasteiger partial charge in [-0.1, -0.05) is 25.0 Å². The molecule has 9 nitrogen and oxygen atoms in total. The first-order valence-electron chi connectivity index (χ1n) is 11.7. The average Bonchev–Trinajstić information content (AvgIpc) is 3.46. The van der Waals surface area contributed by atoms with E-state index in [0.717, 1.165) is 37.0 Å². The van der Waals surface area contributed by atoms with Crippen LogP contribution in [0.4, 0.5) is 0 Å². The topological polar surface area (TPSA) is 103 Å². The largest absolute Gasteiger partial charge is 0.491 e. The third-order valence-corrected chi connectivity index (χ3v) is 6.55. The minimum Gasteiger partial charge on any atom is -0.491 e. The summed E-state index contributed by atoms with van der Waals surface area (Å²) < 4.78 is 12.1. The molecule has 0 bridgehead atoms. The summed E-state index contributed by atoms with van der Waals surface area (Å²) in [4.78, 5) is 45.2. The second-order valence-electron chi connectivity index (χ2n) is 9.49. The highest BCUT2D eigenvalue weighted by Crippen LogP contribution is 2.32. The second-order valence-corrected chi connectivity index (χ2v) is 9.49. The summed E-state index contributed by atoms with van der Waals surface area (Å²) >= 11 is 0. The van der Waals surface area contributed by atoms with E-state index in [1.54, 1.807) is 16.4 Å². The van der Waals surface area contributed by atoms with Crippen molar-refractivity contribution in [2.24, 2.45) is 0 Å². The van der Waals surface area contributed by atoms with Crippen LogP contribution in [0.15, 0.2) is 30.6 Å². The number of benzene rings is 1. The number of carbonyl (C=O) groups is 3. The molecule has 182 valence electrons. The predicted molar refractivity (Wildman–Crippen MR) is 124 cm³/mol. The van der Waals surface area contributed by atoms with Crippen LogP contribution in [0.25, 0.3) is 0 Å². The lowest BCUT2D eigenvalue weighted by Gasteiger charge is -2.44. The van der Waals surface area contributed by atoms with E-state index in [1.165, 1.54) is 13.4 Å². The number of imidazole rings is 1. The van der Waals surface area contributed by atoms with E-state index in [9.17, 15) is 14.4 Å². The van der Waals surface area contributed by atoms with Crippen molar-refractivity contribution in [2.75, 3.05) is 7.11 Å². The molecule has 2 heterocycles. The zero-order valence-corrected chi connectivity index (χ0v) is 20.2. The molecule has 2 aromatic rings. The lowest BCUT2D eigenvalue weighted by atomic mass is 9.93. The predicted octanol–water partition coefficient (Wildman–Crippen LogP) is 2.93. The molecule has 2 amide bonds. The molecule has 1 aromatic heterocycles. The third kappa shape index (κ3) is 4.51. The quantitative estimate of drug-likeness (QED) is 0.627. The Labute approximate surface area is 199 Å². The van der Waals surface area contributed by atoms with Crippen molar-refractivity contribution in [1.29, 1.82) is 0 Å².